The number of rotatable bonds is 6. The molecule has 2 aromatic carbocycles. The van der Waals surface area contributed by atoms with E-state index in [1.54, 1.807) is 31.4 Å². The molecule has 5 nitrogen and oxygen atoms in total. The highest BCUT2D eigenvalue weighted by Gasteiger charge is 2.07. The van der Waals surface area contributed by atoms with Gasteiger partial charge in [-0.1, -0.05) is 17.7 Å². The summed E-state index contributed by atoms with van der Waals surface area (Å²) in [5.74, 6) is 0.827. The Morgan fingerprint density at radius 2 is 2.00 bits per heavy atom. The number of carbonyl (C=O) groups is 1. The molecule has 0 bridgehead atoms. The van der Waals surface area contributed by atoms with Crippen LogP contribution in [0.4, 0.5) is 0 Å². The van der Waals surface area contributed by atoms with Gasteiger partial charge in [0.2, 0.25) is 0 Å². The molecule has 0 spiro atoms. The van der Waals surface area contributed by atoms with E-state index in [0.717, 1.165) is 14.5 Å². The average Bonchev–Trinajstić information content (AvgIpc) is 2.53. The molecule has 0 heterocycles. The summed E-state index contributed by atoms with van der Waals surface area (Å²) >= 11 is 12.6. The Morgan fingerprint density at radius 1 is 1.29 bits per heavy atom. The van der Waals surface area contributed by atoms with Crippen molar-refractivity contribution in [3.63, 3.8) is 0 Å². The third kappa shape index (κ3) is 5.51. The highest BCUT2D eigenvalue weighted by Crippen LogP contribution is 2.33. The van der Waals surface area contributed by atoms with E-state index in [2.05, 4.69) is 42.4 Å². The Bertz CT molecular complexity index is 746. The number of halogens is 3. The van der Waals surface area contributed by atoms with Crippen LogP contribution in [0, 0.1) is 0 Å². The molecule has 0 unspecified atom stereocenters. The zero-order valence-corrected chi connectivity index (χ0v) is 16.5. The van der Waals surface area contributed by atoms with E-state index in [0.29, 0.717) is 16.5 Å². The Kier molecular flexibility index (Phi) is 7.08. The van der Waals surface area contributed by atoms with E-state index in [9.17, 15) is 4.79 Å². The Labute approximate surface area is 161 Å². The number of hydrogen-bond acceptors (Lipinski definition) is 4. The first-order chi connectivity index (χ1) is 11.5. The Balaban J connectivity index is 1.88. The first-order valence-corrected chi connectivity index (χ1v) is 8.69. The molecule has 0 aliphatic carbocycles. The first-order valence-electron chi connectivity index (χ1n) is 6.73. The number of carbonyl (C=O) groups excluding carboxylic acids is 1. The Hall–Kier alpha value is -1.57. The van der Waals surface area contributed by atoms with Crippen LogP contribution >= 0.6 is 43.5 Å². The number of benzene rings is 2. The van der Waals surface area contributed by atoms with E-state index >= 15 is 0 Å². The average molecular weight is 477 g/mol. The van der Waals surface area contributed by atoms with Gasteiger partial charge < -0.3 is 9.47 Å². The molecule has 1 N–H and O–H groups in total. The molecule has 0 aliphatic rings. The minimum atomic E-state index is -0.377. The zero-order chi connectivity index (χ0) is 17.5. The molecule has 0 aliphatic heterocycles. The fraction of sp³-hybridized carbons (Fsp3) is 0.125. The van der Waals surface area contributed by atoms with Crippen molar-refractivity contribution in [3.05, 3.63) is 55.9 Å². The predicted molar refractivity (Wildman–Crippen MR) is 101 cm³/mol. The van der Waals surface area contributed by atoms with Gasteiger partial charge in [0.25, 0.3) is 5.91 Å². The maximum Gasteiger partial charge on any atom is 0.277 e. The second kappa shape index (κ2) is 9.05. The van der Waals surface area contributed by atoms with Crippen molar-refractivity contribution in [2.45, 2.75) is 0 Å². The summed E-state index contributed by atoms with van der Waals surface area (Å²) in [5, 5.41) is 4.44. The van der Waals surface area contributed by atoms with Gasteiger partial charge in [-0.05, 0) is 67.8 Å². The molecular weight excluding hydrogens is 463 g/mol. The van der Waals surface area contributed by atoms with Crippen LogP contribution in [0.1, 0.15) is 5.56 Å². The second-order valence-corrected chi connectivity index (χ2v) is 6.70. The number of nitrogens with zero attached hydrogens (tertiary/aromatic N) is 1. The largest absolute Gasteiger partial charge is 0.494 e. The maximum atomic E-state index is 11.7. The molecule has 2 rings (SSSR count). The van der Waals surface area contributed by atoms with Crippen molar-refractivity contribution in [2.75, 3.05) is 13.7 Å². The number of methoxy groups -OCH3 is 1. The van der Waals surface area contributed by atoms with Gasteiger partial charge in [0.05, 0.1) is 22.3 Å². The van der Waals surface area contributed by atoms with Gasteiger partial charge >= 0.3 is 0 Å². The third-order valence-electron chi connectivity index (χ3n) is 2.79. The van der Waals surface area contributed by atoms with Crippen LogP contribution in [0.15, 0.2) is 50.4 Å². The summed E-state index contributed by atoms with van der Waals surface area (Å²) < 4.78 is 12.1. The summed E-state index contributed by atoms with van der Waals surface area (Å²) in [6.07, 6.45) is 1.52. The van der Waals surface area contributed by atoms with Crippen molar-refractivity contribution in [1.29, 1.82) is 0 Å². The molecule has 0 radical (unpaired) electrons. The normalized spacial score (nSPS) is 10.7. The number of hydrazone groups is 1. The lowest BCUT2D eigenvalue weighted by molar-refractivity contribution is -0.123. The lowest BCUT2D eigenvalue weighted by Gasteiger charge is -2.07. The minimum Gasteiger partial charge on any atom is -0.494 e. The topological polar surface area (TPSA) is 59.9 Å². The van der Waals surface area contributed by atoms with Gasteiger partial charge in [-0.15, -0.1) is 0 Å². The van der Waals surface area contributed by atoms with Gasteiger partial charge in [0, 0.05) is 5.02 Å². The van der Waals surface area contributed by atoms with Crippen molar-refractivity contribution >= 4 is 55.6 Å². The third-order valence-corrected chi connectivity index (χ3v) is 4.21. The van der Waals surface area contributed by atoms with Crippen LogP contribution < -0.4 is 14.9 Å². The van der Waals surface area contributed by atoms with Crippen LogP contribution in [0.2, 0.25) is 5.02 Å². The smallest absolute Gasteiger partial charge is 0.277 e. The number of nitrogens with one attached hydrogen (secondary N) is 1. The summed E-state index contributed by atoms with van der Waals surface area (Å²) in [4.78, 5) is 11.7. The minimum absolute atomic E-state index is 0.159. The molecule has 0 saturated carbocycles. The molecule has 0 fully saturated rings. The molecular formula is C16H13Br2ClN2O3. The molecule has 0 aromatic heterocycles. The molecule has 0 saturated heterocycles. The van der Waals surface area contributed by atoms with Gasteiger partial charge in [-0.2, -0.15) is 5.10 Å². The molecule has 1 amide bonds. The van der Waals surface area contributed by atoms with Crippen molar-refractivity contribution < 1.29 is 14.3 Å². The highest BCUT2D eigenvalue weighted by molar-refractivity contribution is 9.11. The fourth-order valence-electron chi connectivity index (χ4n) is 1.77. The van der Waals surface area contributed by atoms with Gasteiger partial charge in [0.15, 0.2) is 6.61 Å². The molecule has 2 aromatic rings. The van der Waals surface area contributed by atoms with Crippen LogP contribution in [-0.2, 0) is 4.79 Å². The molecule has 126 valence electrons. The quantitative estimate of drug-likeness (QED) is 0.497. The molecule has 0 atom stereocenters. The van der Waals surface area contributed by atoms with E-state index in [1.165, 1.54) is 6.21 Å². The summed E-state index contributed by atoms with van der Waals surface area (Å²) in [6.45, 7) is -0.159. The molecule has 24 heavy (non-hydrogen) atoms. The lowest BCUT2D eigenvalue weighted by atomic mass is 10.2. The van der Waals surface area contributed by atoms with E-state index in [1.807, 2.05) is 12.1 Å². The monoisotopic (exact) mass is 474 g/mol. The number of hydrogen-bond donors (Lipinski definition) is 1. The van der Waals surface area contributed by atoms with E-state index in [4.69, 9.17) is 21.1 Å². The lowest BCUT2D eigenvalue weighted by Crippen LogP contribution is -2.24. The number of ether oxygens (including phenoxy) is 2. The van der Waals surface area contributed by atoms with Crippen LogP contribution in [0.25, 0.3) is 0 Å². The fourth-order valence-corrected chi connectivity index (χ4v) is 3.49. The Morgan fingerprint density at radius 3 is 2.62 bits per heavy atom. The van der Waals surface area contributed by atoms with Crippen molar-refractivity contribution in [2.24, 2.45) is 5.10 Å². The van der Waals surface area contributed by atoms with Gasteiger partial charge in [-0.3, -0.25) is 4.79 Å². The zero-order valence-electron chi connectivity index (χ0n) is 12.6. The van der Waals surface area contributed by atoms with Gasteiger partial charge in [-0.25, -0.2) is 5.43 Å². The standard InChI is InChI=1S/C16H13Br2ClN2O3/c1-23-16-13(17)5-10(6-14(16)18)8-20-21-15(22)9-24-12-4-2-3-11(19)7-12/h2-8H,9H2,1H3,(H,21,22)/b20-8+. The predicted octanol–water partition coefficient (Wildman–Crippen LogP) is 4.40. The maximum absolute atomic E-state index is 11.7. The van der Waals surface area contributed by atoms with Crippen LogP contribution in [0.5, 0.6) is 11.5 Å². The summed E-state index contributed by atoms with van der Waals surface area (Å²) in [7, 11) is 1.58. The van der Waals surface area contributed by atoms with Crippen LogP contribution in [0.3, 0.4) is 0 Å². The first kappa shape index (κ1) is 18.8. The molecule has 8 heteroatoms. The second-order valence-electron chi connectivity index (χ2n) is 4.56. The highest BCUT2D eigenvalue weighted by atomic mass is 79.9. The van der Waals surface area contributed by atoms with Crippen LogP contribution in [-0.4, -0.2) is 25.8 Å². The van der Waals surface area contributed by atoms with Crippen molar-refractivity contribution in [3.8, 4) is 11.5 Å². The van der Waals surface area contributed by atoms with Crippen molar-refractivity contribution in [1.82, 2.24) is 5.43 Å². The SMILES string of the molecule is COc1c(Br)cc(/C=N/NC(=O)COc2cccc(Cl)c2)cc1Br. The number of amides is 1. The summed E-state index contributed by atoms with van der Waals surface area (Å²) in [5.41, 5.74) is 3.18. The summed E-state index contributed by atoms with van der Waals surface area (Å²) in [6, 6.07) is 10.5. The van der Waals surface area contributed by atoms with E-state index in [-0.39, 0.29) is 12.5 Å². The van der Waals surface area contributed by atoms with Gasteiger partial charge in [0.1, 0.15) is 11.5 Å². The van der Waals surface area contributed by atoms with E-state index < -0.39 is 0 Å².